The Bertz CT molecular complexity index is 1120. The summed E-state index contributed by atoms with van der Waals surface area (Å²) in [4.78, 5) is 2.06. The molecule has 0 spiro atoms. The lowest BCUT2D eigenvalue weighted by Gasteiger charge is -2.28. The molecule has 0 bridgehead atoms. The smallest absolute Gasteiger partial charge is 0.174 e. The molecule has 0 amide bonds. The number of hydrogen-bond acceptors (Lipinski definition) is 6. The fourth-order valence-corrected chi connectivity index (χ4v) is 3.86. The molecule has 0 radical (unpaired) electrons. The molecule has 0 unspecified atom stereocenters. The second-order valence-corrected chi connectivity index (χ2v) is 7.97. The first kappa shape index (κ1) is 26.0. The zero-order valence-electron chi connectivity index (χ0n) is 20.8. The minimum absolute atomic E-state index is 0.470. The fraction of sp³-hybridized carbons (Fsp3) is 0.296. The Labute approximate surface area is 212 Å². The van der Waals surface area contributed by atoms with Gasteiger partial charge in [-0.2, -0.15) is 0 Å². The zero-order valence-corrected chi connectivity index (χ0v) is 21.6. The third-order valence-electron chi connectivity index (χ3n) is 5.40. The molecular weight excluding hydrogens is 464 g/mol. The number of nitrogens with zero attached hydrogens (tertiary/aromatic N) is 1. The van der Waals surface area contributed by atoms with Gasteiger partial charge in [-0.05, 0) is 55.0 Å². The number of benzene rings is 3. The predicted molar refractivity (Wildman–Crippen MR) is 142 cm³/mol. The Morgan fingerprint density at radius 3 is 2.06 bits per heavy atom. The summed E-state index contributed by atoms with van der Waals surface area (Å²) in [6, 6.07) is 19.4. The molecule has 0 saturated carbocycles. The van der Waals surface area contributed by atoms with Crippen LogP contribution >= 0.6 is 12.2 Å². The van der Waals surface area contributed by atoms with E-state index in [2.05, 4.69) is 10.2 Å². The Kier molecular flexibility index (Phi) is 9.43. The molecule has 0 aliphatic rings. The Morgan fingerprint density at radius 2 is 1.43 bits per heavy atom. The highest BCUT2D eigenvalue weighted by Crippen LogP contribution is 2.35. The summed E-state index contributed by atoms with van der Waals surface area (Å²) in [6.07, 6.45) is 0. The van der Waals surface area contributed by atoms with E-state index in [1.54, 1.807) is 28.4 Å². The molecule has 3 aromatic carbocycles. The van der Waals surface area contributed by atoms with Gasteiger partial charge < -0.3 is 33.9 Å². The third-order valence-corrected chi connectivity index (χ3v) is 5.76. The molecule has 7 nitrogen and oxygen atoms in total. The van der Waals surface area contributed by atoms with Crippen molar-refractivity contribution >= 4 is 23.0 Å². The summed E-state index contributed by atoms with van der Waals surface area (Å²) in [5.41, 5.74) is 2.78. The topological polar surface area (TPSA) is 61.4 Å². The Balaban J connectivity index is 1.94. The van der Waals surface area contributed by atoms with Gasteiger partial charge in [-0.25, -0.2) is 0 Å². The van der Waals surface area contributed by atoms with Gasteiger partial charge in [0.05, 0.1) is 40.7 Å². The summed E-state index contributed by atoms with van der Waals surface area (Å²) < 4.78 is 27.7. The number of hydrogen-bond donors (Lipinski definition) is 1. The lowest BCUT2D eigenvalue weighted by Crippen LogP contribution is -2.34. The lowest BCUT2D eigenvalue weighted by molar-refractivity contribution is 0.340. The van der Waals surface area contributed by atoms with Gasteiger partial charge in [-0.15, -0.1) is 0 Å². The van der Waals surface area contributed by atoms with Gasteiger partial charge in [-0.1, -0.05) is 24.3 Å². The van der Waals surface area contributed by atoms with Crippen LogP contribution in [0.15, 0.2) is 60.7 Å². The van der Waals surface area contributed by atoms with Crippen LogP contribution < -0.4 is 29.0 Å². The van der Waals surface area contributed by atoms with Crippen molar-refractivity contribution in [2.75, 3.05) is 40.4 Å². The number of nitrogens with one attached hydrogen (secondary N) is 1. The van der Waals surface area contributed by atoms with Crippen LogP contribution in [-0.4, -0.2) is 45.1 Å². The van der Waals surface area contributed by atoms with Gasteiger partial charge in [0, 0.05) is 24.7 Å². The Hall–Kier alpha value is -3.65. The molecule has 0 aromatic heterocycles. The first-order valence-electron chi connectivity index (χ1n) is 11.2. The first-order chi connectivity index (χ1) is 17.0. The maximum absolute atomic E-state index is 5.88. The van der Waals surface area contributed by atoms with Crippen molar-refractivity contribution in [3.8, 4) is 28.7 Å². The van der Waals surface area contributed by atoms with Gasteiger partial charge >= 0.3 is 0 Å². The molecule has 0 heterocycles. The van der Waals surface area contributed by atoms with Crippen molar-refractivity contribution < 1.29 is 23.7 Å². The normalized spacial score (nSPS) is 10.3. The largest absolute Gasteiger partial charge is 0.497 e. The maximum Gasteiger partial charge on any atom is 0.174 e. The van der Waals surface area contributed by atoms with E-state index in [1.807, 2.05) is 67.6 Å². The first-order valence-corrected chi connectivity index (χ1v) is 11.6. The van der Waals surface area contributed by atoms with Gasteiger partial charge in [0.1, 0.15) is 17.2 Å². The van der Waals surface area contributed by atoms with Crippen LogP contribution in [0.1, 0.15) is 18.1 Å². The average Bonchev–Trinajstić information content (AvgIpc) is 2.89. The summed E-state index contributed by atoms with van der Waals surface area (Å²) in [5, 5.41) is 3.90. The van der Waals surface area contributed by atoms with Gasteiger partial charge in [0.15, 0.2) is 16.6 Å². The molecule has 0 aliphatic carbocycles. The van der Waals surface area contributed by atoms with Crippen molar-refractivity contribution in [2.24, 2.45) is 0 Å². The number of para-hydroxylation sites is 2. The zero-order chi connectivity index (χ0) is 25.2. The fourth-order valence-electron chi connectivity index (χ4n) is 3.62. The molecule has 0 atom stereocenters. The minimum Gasteiger partial charge on any atom is -0.497 e. The summed E-state index contributed by atoms with van der Waals surface area (Å²) >= 11 is 5.88. The lowest BCUT2D eigenvalue weighted by atomic mass is 10.1. The Morgan fingerprint density at radius 1 is 0.771 bits per heavy atom. The van der Waals surface area contributed by atoms with Crippen LogP contribution in [0.25, 0.3) is 0 Å². The highest BCUT2D eigenvalue weighted by atomic mass is 32.1. The number of methoxy groups -OCH3 is 4. The quantitative estimate of drug-likeness (QED) is 0.348. The van der Waals surface area contributed by atoms with E-state index in [4.69, 9.17) is 35.9 Å². The van der Waals surface area contributed by atoms with E-state index < -0.39 is 0 Å². The highest BCUT2D eigenvalue weighted by Gasteiger charge is 2.18. The number of rotatable bonds is 11. The van der Waals surface area contributed by atoms with Crippen molar-refractivity contribution in [3.05, 3.63) is 71.8 Å². The summed E-state index contributed by atoms with van der Waals surface area (Å²) in [7, 11) is 6.49. The van der Waals surface area contributed by atoms with E-state index in [-0.39, 0.29) is 0 Å². The molecule has 1 N–H and O–H groups in total. The standard InChI is InChI=1S/C27H32N2O5S/c1-6-34-23-10-8-7-9-22(23)28-27(35)29(17-19-11-13-21(30-2)14-12-19)18-20-15-25(32-4)26(33-5)16-24(20)31-3/h7-16H,6,17-18H2,1-5H3,(H,28,35). The van der Waals surface area contributed by atoms with Crippen molar-refractivity contribution in [2.45, 2.75) is 20.0 Å². The maximum atomic E-state index is 5.88. The summed E-state index contributed by atoms with van der Waals surface area (Å²) in [5.74, 6) is 3.44. The van der Waals surface area contributed by atoms with Crippen LogP contribution in [0.3, 0.4) is 0 Å². The van der Waals surface area contributed by atoms with Crippen LogP contribution in [0.2, 0.25) is 0 Å². The SMILES string of the molecule is CCOc1ccccc1NC(=S)N(Cc1ccc(OC)cc1)Cc1cc(OC)c(OC)cc1OC. The molecule has 3 rings (SSSR count). The highest BCUT2D eigenvalue weighted by molar-refractivity contribution is 7.80. The summed E-state index contributed by atoms with van der Waals surface area (Å²) in [6.45, 7) is 3.54. The molecule has 0 aliphatic heterocycles. The molecule has 3 aromatic rings. The van der Waals surface area contributed by atoms with E-state index in [0.29, 0.717) is 42.1 Å². The van der Waals surface area contributed by atoms with Crippen LogP contribution in [-0.2, 0) is 13.1 Å². The van der Waals surface area contributed by atoms with Gasteiger partial charge in [-0.3, -0.25) is 0 Å². The van der Waals surface area contributed by atoms with Crippen molar-refractivity contribution in [1.29, 1.82) is 0 Å². The molecular formula is C27H32N2O5S. The number of ether oxygens (including phenoxy) is 5. The van der Waals surface area contributed by atoms with E-state index >= 15 is 0 Å². The molecule has 8 heteroatoms. The molecule has 186 valence electrons. The van der Waals surface area contributed by atoms with Crippen LogP contribution in [0, 0.1) is 0 Å². The molecule has 0 saturated heterocycles. The van der Waals surface area contributed by atoms with Crippen LogP contribution in [0.4, 0.5) is 5.69 Å². The third kappa shape index (κ3) is 6.70. The van der Waals surface area contributed by atoms with E-state index in [1.165, 1.54) is 0 Å². The monoisotopic (exact) mass is 496 g/mol. The second-order valence-electron chi connectivity index (χ2n) is 7.58. The minimum atomic E-state index is 0.470. The van der Waals surface area contributed by atoms with Crippen molar-refractivity contribution in [3.63, 3.8) is 0 Å². The molecule has 0 fully saturated rings. The average molecular weight is 497 g/mol. The van der Waals surface area contributed by atoms with E-state index in [9.17, 15) is 0 Å². The number of thiocarbonyl (C=S) groups is 1. The van der Waals surface area contributed by atoms with Crippen LogP contribution in [0.5, 0.6) is 28.7 Å². The predicted octanol–water partition coefficient (Wildman–Crippen LogP) is 5.52. The van der Waals surface area contributed by atoms with E-state index in [0.717, 1.165) is 28.3 Å². The molecule has 35 heavy (non-hydrogen) atoms. The van der Waals surface area contributed by atoms with Gasteiger partial charge in [0.25, 0.3) is 0 Å². The second kappa shape index (κ2) is 12.7. The van der Waals surface area contributed by atoms with Gasteiger partial charge in [0.2, 0.25) is 0 Å². The number of anilines is 1. The van der Waals surface area contributed by atoms with Crippen molar-refractivity contribution in [1.82, 2.24) is 4.90 Å².